The Morgan fingerprint density at radius 1 is 1.23 bits per heavy atom. The highest BCUT2D eigenvalue weighted by Gasteiger charge is 2.20. The van der Waals surface area contributed by atoms with E-state index in [0.29, 0.717) is 5.76 Å². The number of nitrogens with one attached hydrogen (secondary N) is 1. The van der Waals surface area contributed by atoms with Crippen molar-refractivity contribution in [3.8, 4) is 0 Å². The molecule has 5 nitrogen and oxygen atoms in total. The molecule has 0 aliphatic rings. The second-order valence-electron chi connectivity index (χ2n) is 4.48. The average Bonchev–Trinajstić information content (AvgIpc) is 2.99. The first-order valence-electron chi connectivity index (χ1n) is 6.43. The van der Waals surface area contributed by atoms with Gasteiger partial charge in [0.25, 0.3) is 5.91 Å². The maximum Gasteiger partial charge on any atom is 0.344 e. The van der Waals surface area contributed by atoms with Gasteiger partial charge >= 0.3 is 5.97 Å². The van der Waals surface area contributed by atoms with Gasteiger partial charge in [-0.1, -0.05) is 6.07 Å². The fourth-order valence-corrected chi connectivity index (χ4v) is 1.79. The monoisotopic (exact) mass is 309 g/mol. The number of carbonyl (C=O) groups excluding carboxylic acids is 2. The molecule has 0 unspecified atom stereocenters. The SMILES string of the molecule is C[C@H](NC(=O)COC(=O)c1c(F)cccc1F)c1ccco1. The Kier molecular flexibility index (Phi) is 4.88. The van der Waals surface area contributed by atoms with Crippen LogP contribution in [0.1, 0.15) is 29.1 Å². The zero-order chi connectivity index (χ0) is 16.1. The summed E-state index contributed by atoms with van der Waals surface area (Å²) in [5.41, 5.74) is -0.825. The smallest absolute Gasteiger partial charge is 0.344 e. The van der Waals surface area contributed by atoms with Gasteiger partial charge < -0.3 is 14.5 Å². The molecule has 0 saturated heterocycles. The van der Waals surface area contributed by atoms with Crippen molar-refractivity contribution in [2.24, 2.45) is 0 Å². The van der Waals surface area contributed by atoms with Gasteiger partial charge in [0.1, 0.15) is 23.0 Å². The molecule has 2 aromatic rings. The summed E-state index contributed by atoms with van der Waals surface area (Å²) in [5, 5.41) is 2.52. The summed E-state index contributed by atoms with van der Waals surface area (Å²) in [5.74, 6) is -3.42. The second-order valence-corrected chi connectivity index (χ2v) is 4.48. The van der Waals surface area contributed by atoms with Crippen molar-refractivity contribution >= 4 is 11.9 Å². The van der Waals surface area contributed by atoms with Crippen molar-refractivity contribution in [3.63, 3.8) is 0 Å². The predicted molar refractivity (Wildman–Crippen MR) is 71.9 cm³/mol. The van der Waals surface area contributed by atoms with E-state index < -0.39 is 41.7 Å². The topological polar surface area (TPSA) is 68.5 Å². The van der Waals surface area contributed by atoms with Crippen LogP contribution in [-0.4, -0.2) is 18.5 Å². The van der Waals surface area contributed by atoms with Crippen LogP contribution in [0.3, 0.4) is 0 Å². The van der Waals surface area contributed by atoms with Gasteiger partial charge in [-0.2, -0.15) is 0 Å². The van der Waals surface area contributed by atoms with Gasteiger partial charge in [-0.05, 0) is 31.2 Å². The third-order valence-electron chi connectivity index (χ3n) is 2.85. The summed E-state index contributed by atoms with van der Waals surface area (Å²) in [6, 6.07) is 5.90. The number of ether oxygens (including phenoxy) is 1. The number of halogens is 2. The van der Waals surface area contributed by atoms with E-state index in [-0.39, 0.29) is 0 Å². The van der Waals surface area contributed by atoms with Crippen LogP contribution in [0.4, 0.5) is 8.78 Å². The molecule has 1 heterocycles. The number of amides is 1. The minimum absolute atomic E-state index is 0.425. The largest absolute Gasteiger partial charge is 0.467 e. The Morgan fingerprint density at radius 3 is 2.50 bits per heavy atom. The molecule has 2 rings (SSSR count). The van der Waals surface area contributed by atoms with Crippen molar-refractivity contribution in [2.45, 2.75) is 13.0 Å². The van der Waals surface area contributed by atoms with Crippen LogP contribution >= 0.6 is 0 Å². The lowest BCUT2D eigenvalue weighted by Gasteiger charge is -2.11. The van der Waals surface area contributed by atoms with Crippen molar-refractivity contribution in [1.82, 2.24) is 5.32 Å². The Morgan fingerprint density at radius 2 is 1.91 bits per heavy atom. The number of carbonyl (C=O) groups is 2. The third-order valence-corrected chi connectivity index (χ3v) is 2.85. The number of hydrogen-bond acceptors (Lipinski definition) is 4. The first kappa shape index (κ1) is 15.7. The number of hydrogen-bond donors (Lipinski definition) is 1. The van der Waals surface area contributed by atoms with Crippen LogP contribution in [0.25, 0.3) is 0 Å². The predicted octanol–water partition coefficient (Wildman–Crippen LogP) is 2.59. The molecular formula is C15H13F2NO4. The molecule has 0 saturated carbocycles. The Labute approximate surface area is 124 Å². The first-order chi connectivity index (χ1) is 10.5. The highest BCUT2D eigenvalue weighted by Crippen LogP contribution is 2.14. The molecular weight excluding hydrogens is 296 g/mol. The maximum atomic E-state index is 13.4. The minimum Gasteiger partial charge on any atom is -0.467 e. The van der Waals surface area contributed by atoms with E-state index in [4.69, 9.17) is 4.42 Å². The zero-order valence-corrected chi connectivity index (χ0v) is 11.6. The van der Waals surface area contributed by atoms with Crippen molar-refractivity contribution in [2.75, 3.05) is 6.61 Å². The number of furan rings is 1. The second kappa shape index (κ2) is 6.84. The lowest BCUT2D eigenvalue weighted by atomic mass is 10.2. The number of benzene rings is 1. The van der Waals surface area contributed by atoms with E-state index in [0.717, 1.165) is 18.2 Å². The molecule has 0 fully saturated rings. The molecule has 1 aromatic heterocycles. The molecule has 0 spiro atoms. The Bertz CT molecular complexity index is 650. The lowest BCUT2D eigenvalue weighted by molar-refractivity contribution is -0.125. The van der Waals surface area contributed by atoms with Crippen LogP contribution < -0.4 is 5.32 Å². The molecule has 22 heavy (non-hydrogen) atoms. The van der Waals surface area contributed by atoms with E-state index in [1.54, 1.807) is 19.1 Å². The van der Waals surface area contributed by atoms with Gasteiger partial charge in [0, 0.05) is 0 Å². The normalized spacial score (nSPS) is 11.8. The highest BCUT2D eigenvalue weighted by atomic mass is 19.1. The maximum absolute atomic E-state index is 13.4. The fraction of sp³-hybridized carbons (Fsp3) is 0.200. The van der Waals surface area contributed by atoms with E-state index in [1.807, 2.05) is 0 Å². The Balaban J connectivity index is 1.90. The van der Waals surface area contributed by atoms with Gasteiger partial charge in [0.15, 0.2) is 6.61 Å². The molecule has 1 N–H and O–H groups in total. The van der Waals surface area contributed by atoms with Gasteiger partial charge in [-0.25, -0.2) is 13.6 Å². The van der Waals surface area contributed by atoms with E-state index in [2.05, 4.69) is 10.1 Å². The molecule has 0 aliphatic heterocycles. The zero-order valence-electron chi connectivity index (χ0n) is 11.6. The summed E-state index contributed by atoms with van der Waals surface area (Å²) >= 11 is 0. The van der Waals surface area contributed by atoms with Crippen molar-refractivity contribution < 1.29 is 27.5 Å². The van der Waals surface area contributed by atoms with Crippen molar-refractivity contribution in [1.29, 1.82) is 0 Å². The summed E-state index contributed by atoms with van der Waals surface area (Å²) in [6.07, 6.45) is 1.46. The van der Waals surface area contributed by atoms with E-state index >= 15 is 0 Å². The summed E-state index contributed by atoms with van der Waals surface area (Å²) < 4.78 is 36.4. The molecule has 1 atom stereocenters. The van der Waals surface area contributed by atoms with Crippen LogP contribution in [0.15, 0.2) is 41.0 Å². The molecule has 0 aliphatic carbocycles. The average molecular weight is 309 g/mol. The molecule has 7 heteroatoms. The van der Waals surface area contributed by atoms with Crippen LogP contribution in [0, 0.1) is 11.6 Å². The van der Waals surface area contributed by atoms with Gasteiger partial charge in [0.2, 0.25) is 0 Å². The standard InChI is InChI=1S/C15H13F2NO4/c1-9(12-6-3-7-21-12)18-13(19)8-22-15(20)14-10(16)4-2-5-11(14)17/h2-7,9H,8H2,1H3,(H,18,19)/t9-/m0/s1. The number of esters is 1. The molecule has 0 bridgehead atoms. The molecule has 0 radical (unpaired) electrons. The highest BCUT2D eigenvalue weighted by molar-refractivity contribution is 5.91. The summed E-state index contributed by atoms with van der Waals surface area (Å²) in [6.45, 7) is 1.02. The van der Waals surface area contributed by atoms with Gasteiger partial charge in [-0.15, -0.1) is 0 Å². The summed E-state index contributed by atoms with van der Waals surface area (Å²) in [4.78, 5) is 23.2. The lowest BCUT2D eigenvalue weighted by Crippen LogP contribution is -2.31. The molecule has 116 valence electrons. The van der Waals surface area contributed by atoms with E-state index in [1.165, 1.54) is 6.26 Å². The van der Waals surface area contributed by atoms with Crippen molar-refractivity contribution in [3.05, 3.63) is 59.6 Å². The molecule has 1 aromatic carbocycles. The van der Waals surface area contributed by atoms with Gasteiger partial charge in [-0.3, -0.25) is 4.79 Å². The third kappa shape index (κ3) is 3.69. The van der Waals surface area contributed by atoms with Crippen LogP contribution in [-0.2, 0) is 9.53 Å². The summed E-state index contributed by atoms with van der Waals surface area (Å²) in [7, 11) is 0. The van der Waals surface area contributed by atoms with Crippen LogP contribution in [0.2, 0.25) is 0 Å². The van der Waals surface area contributed by atoms with Gasteiger partial charge in [0.05, 0.1) is 12.3 Å². The fourth-order valence-electron chi connectivity index (χ4n) is 1.79. The number of rotatable bonds is 5. The minimum atomic E-state index is -1.24. The molecule has 1 amide bonds. The van der Waals surface area contributed by atoms with Crippen LogP contribution in [0.5, 0.6) is 0 Å². The van der Waals surface area contributed by atoms with E-state index in [9.17, 15) is 18.4 Å². The quantitative estimate of drug-likeness (QED) is 0.862. The Hall–Kier alpha value is -2.70. The first-order valence-corrected chi connectivity index (χ1v) is 6.43.